The lowest BCUT2D eigenvalue weighted by Gasteiger charge is -2.10. The summed E-state index contributed by atoms with van der Waals surface area (Å²) in [7, 11) is 0. The number of ether oxygens (including phenoxy) is 1. The van der Waals surface area contributed by atoms with E-state index in [1.807, 2.05) is 35.0 Å². The number of aromatic nitrogens is 1. The largest absolute Gasteiger partial charge is 0.376 e. The quantitative estimate of drug-likeness (QED) is 0.406. The molecule has 1 saturated heterocycles. The Morgan fingerprint density at radius 1 is 1.35 bits per heavy atom. The molecule has 0 spiro atoms. The Balaban J connectivity index is 1.65. The summed E-state index contributed by atoms with van der Waals surface area (Å²) in [5.74, 6) is -0.701. The Labute approximate surface area is 188 Å². The van der Waals surface area contributed by atoms with Crippen LogP contribution < -0.4 is 5.32 Å². The molecule has 31 heavy (non-hydrogen) atoms. The van der Waals surface area contributed by atoms with E-state index in [4.69, 9.17) is 4.74 Å². The van der Waals surface area contributed by atoms with Crippen LogP contribution in [0.25, 0.3) is 17.0 Å². The van der Waals surface area contributed by atoms with Gasteiger partial charge in [0.25, 0.3) is 5.91 Å². The van der Waals surface area contributed by atoms with Gasteiger partial charge in [0.2, 0.25) is 0 Å². The molecular weight excluding hydrogens is 461 g/mol. The molecule has 0 saturated carbocycles. The minimum absolute atomic E-state index is 0.00234. The summed E-state index contributed by atoms with van der Waals surface area (Å²) in [5.41, 5.74) is 2.18. The van der Waals surface area contributed by atoms with Crippen molar-refractivity contribution >= 4 is 38.8 Å². The fourth-order valence-electron chi connectivity index (χ4n) is 3.76. The number of hydrogen-bond acceptors (Lipinski definition) is 3. The summed E-state index contributed by atoms with van der Waals surface area (Å²) < 4.78 is 22.5. The monoisotopic (exact) mass is 481 g/mol. The number of benzene rings is 2. The number of nitrogens with zero attached hydrogens (tertiary/aromatic N) is 2. The molecule has 1 aliphatic heterocycles. The molecule has 1 amide bonds. The summed E-state index contributed by atoms with van der Waals surface area (Å²) in [6.45, 7) is 1.43. The van der Waals surface area contributed by atoms with Crippen LogP contribution in [0.5, 0.6) is 0 Å². The van der Waals surface area contributed by atoms with Gasteiger partial charge in [0.15, 0.2) is 0 Å². The molecule has 0 unspecified atom stereocenters. The highest BCUT2D eigenvalue weighted by Crippen LogP contribution is 2.28. The van der Waals surface area contributed by atoms with Gasteiger partial charge in [0.1, 0.15) is 17.5 Å². The molecule has 2 heterocycles. The van der Waals surface area contributed by atoms with Crippen molar-refractivity contribution in [3.8, 4) is 6.07 Å². The number of fused-ring (bicyclic) bond motifs is 1. The third-order valence-corrected chi connectivity index (χ3v) is 5.84. The lowest BCUT2D eigenvalue weighted by Crippen LogP contribution is -2.32. The van der Waals surface area contributed by atoms with Gasteiger partial charge >= 0.3 is 0 Å². The van der Waals surface area contributed by atoms with Gasteiger partial charge in [-0.3, -0.25) is 4.79 Å². The number of halogens is 2. The molecular formula is C24H21BrFN3O2. The van der Waals surface area contributed by atoms with Crippen molar-refractivity contribution in [3.05, 3.63) is 75.7 Å². The predicted octanol–water partition coefficient (Wildman–Crippen LogP) is 4.79. The molecule has 0 bridgehead atoms. The zero-order chi connectivity index (χ0) is 21.8. The molecule has 4 rings (SSSR count). The van der Waals surface area contributed by atoms with Gasteiger partial charge < -0.3 is 14.6 Å². The minimum atomic E-state index is -0.428. The number of rotatable bonds is 6. The van der Waals surface area contributed by atoms with Crippen LogP contribution in [0, 0.1) is 17.1 Å². The predicted molar refractivity (Wildman–Crippen MR) is 121 cm³/mol. The van der Waals surface area contributed by atoms with Crippen LogP contribution in [0.3, 0.4) is 0 Å². The molecule has 1 aromatic heterocycles. The Morgan fingerprint density at radius 3 is 2.94 bits per heavy atom. The van der Waals surface area contributed by atoms with Crippen molar-refractivity contribution in [3.63, 3.8) is 0 Å². The molecule has 5 nitrogen and oxygen atoms in total. The molecule has 0 aliphatic carbocycles. The normalized spacial score (nSPS) is 16.4. The number of hydrogen-bond donors (Lipinski definition) is 1. The average molecular weight is 482 g/mol. The van der Waals surface area contributed by atoms with Gasteiger partial charge in [-0.15, -0.1) is 0 Å². The van der Waals surface area contributed by atoms with E-state index in [1.54, 1.807) is 24.3 Å². The first-order chi connectivity index (χ1) is 15.0. The Bertz CT molecular complexity index is 1190. The van der Waals surface area contributed by atoms with Crippen molar-refractivity contribution in [2.75, 3.05) is 13.2 Å². The fraction of sp³-hybridized carbons (Fsp3) is 0.250. The summed E-state index contributed by atoms with van der Waals surface area (Å²) in [6, 6.07) is 14.4. The number of carbonyl (C=O) groups is 1. The maximum Gasteiger partial charge on any atom is 0.262 e. The summed E-state index contributed by atoms with van der Waals surface area (Å²) >= 11 is 3.48. The second kappa shape index (κ2) is 9.46. The van der Waals surface area contributed by atoms with Crippen LogP contribution >= 0.6 is 15.9 Å². The number of carbonyl (C=O) groups excluding carboxylic acids is 1. The van der Waals surface area contributed by atoms with Crippen molar-refractivity contribution in [1.82, 2.24) is 9.88 Å². The van der Waals surface area contributed by atoms with Crippen molar-refractivity contribution in [2.45, 2.75) is 25.5 Å². The molecule has 7 heteroatoms. The van der Waals surface area contributed by atoms with E-state index in [2.05, 4.69) is 21.2 Å². The average Bonchev–Trinajstić information content (AvgIpc) is 3.40. The summed E-state index contributed by atoms with van der Waals surface area (Å²) in [5, 5.41) is 13.2. The minimum Gasteiger partial charge on any atom is -0.376 e. The van der Waals surface area contributed by atoms with E-state index >= 15 is 0 Å². The van der Waals surface area contributed by atoms with E-state index in [0.717, 1.165) is 33.8 Å². The van der Waals surface area contributed by atoms with Gasteiger partial charge in [0.05, 0.1) is 12.6 Å². The standard InChI is InChI=1S/C24H21BrFN3O2/c25-19-7-8-23-21(11-19)18(15-29(23)14-16-4-1-2-6-22(16)26)10-17(12-27)24(30)28-13-20-5-3-9-31-20/h1-2,4,6-8,10-11,15,20H,3,5,9,13-14H2,(H,28,30)/b17-10+/t20-/m1/s1. The molecule has 2 aromatic carbocycles. The van der Waals surface area contributed by atoms with Crippen molar-refractivity contribution < 1.29 is 13.9 Å². The zero-order valence-corrected chi connectivity index (χ0v) is 18.4. The van der Waals surface area contributed by atoms with Crippen LogP contribution in [-0.2, 0) is 16.1 Å². The number of nitrogens with one attached hydrogen (secondary N) is 1. The topological polar surface area (TPSA) is 67.0 Å². The number of amides is 1. The summed E-state index contributed by atoms with van der Waals surface area (Å²) in [4.78, 5) is 12.6. The molecule has 1 fully saturated rings. The molecule has 3 aromatic rings. The van der Waals surface area contributed by atoms with Crippen LogP contribution in [0.1, 0.15) is 24.0 Å². The molecule has 1 atom stereocenters. The van der Waals surface area contributed by atoms with E-state index in [1.165, 1.54) is 6.07 Å². The fourth-order valence-corrected chi connectivity index (χ4v) is 4.13. The van der Waals surface area contributed by atoms with E-state index in [0.29, 0.717) is 25.3 Å². The van der Waals surface area contributed by atoms with E-state index in [9.17, 15) is 14.4 Å². The highest BCUT2D eigenvalue weighted by atomic mass is 79.9. The van der Waals surface area contributed by atoms with Gasteiger partial charge in [0, 0.05) is 45.9 Å². The second-order valence-electron chi connectivity index (χ2n) is 7.48. The SMILES string of the molecule is N#C/C(=C\c1cn(Cc2ccccc2F)c2ccc(Br)cc12)C(=O)NC[C@H]1CCCO1. The van der Waals surface area contributed by atoms with E-state index in [-0.39, 0.29) is 17.5 Å². The van der Waals surface area contributed by atoms with Gasteiger partial charge in [-0.05, 0) is 43.2 Å². The smallest absolute Gasteiger partial charge is 0.262 e. The lowest BCUT2D eigenvalue weighted by molar-refractivity contribution is -0.117. The third kappa shape index (κ3) is 4.87. The molecule has 158 valence electrons. The molecule has 1 N–H and O–H groups in total. The lowest BCUT2D eigenvalue weighted by atomic mass is 10.1. The van der Waals surface area contributed by atoms with Crippen molar-refractivity contribution in [1.29, 1.82) is 5.26 Å². The van der Waals surface area contributed by atoms with Gasteiger partial charge in [-0.2, -0.15) is 5.26 Å². The summed E-state index contributed by atoms with van der Waals surface area (Å²) in [6.07, 6.45) is 5.31. The highest BCUT2D eigenvalue weighted by molar-refractivity contribution is 9.10. The van der Waals surface area contributed by atoms with Crippen LogP contribution in [0.4, 0.5) is 4.39 Å². The third-order valence-electron chi connectivity index (χ3n) is 5.35. The van der Waals surface area contributed by atoms with Gasteiger partial charge in [-0.1, -0.05) is 34.1 Å². The second-order valence-corrected chi connectivity index (χ2v) is 8.40. The number of nitriles is 1. The Morgan fingerprint density at radius 2 is 2.19 bits per heavy atom. The first kappa shape index (κ1) is 21.3. The highest BCUT2D eigenvalue weighted by Gasteiger charge is 2.18. The maximum atomic E-state index is 14.2. The van der Waals surface area contributed by atoms with E-state index < -0.39 is 5.91 Å². The first-order valence-electron chi connectivity index (χ1n) is 10.1. The Hall–Kier alpha value is -2.95. The molecule has 0 radical (unpaired) electrons. The van der Waals surface area contributed by atoms with Gasteiger partial charge in [-0.25, -0.2) is 4.39 Å². The zero-order valence-electron chi connectivity index (χ0n) is 16.8. The van der Waals surface area contributed by atoms with Crippen LogP contribution in [-0.4, -0.2) is 29.7 Å². The maximum absolute atomic E-state index is 14.2. The molecule has 1 aliphatic rings. The Kier molecular flexibility index (Phi) is 6.50. The first-order valence-corrected chi connectivity index (χ1v) is 10.9. The van der Waals surface area contributed by atoms with Crippen LogP contribution in [0.2, 0.25) is 0 Å². The van der Waals surface area contributed by atoms with Crippen molar-refractivity contribution in [2.24, 2.45) is 0 Å². The van der Waals surface area contributed by atoms with Crippen LogP contribution in [0.15, 0.2) is 58.7 Å².